The molecule has 0 atom stereocenters. The molecule has 6 rings (SSSR count). The van der Waals surface area contributed by atoms with Crippen LogP contribution in [0.4, 0.5) is 10.9 Å². The molecule has 4 heterocycles. The predicted molar refractivity (Wildman–Crippen MR) is 139 cm³/mol. The van der Waals surface area contributed by atoms with Gasteiger partial charge in [-0.1, -0.05) is 54.0 Å². The van der Waals surface area contributed by atoms with Crippen LogP contribution in [0.5, 0.6) is 0 Å². The maximum atomic E-state index is 12.8. The summed E-state index contributed by atoms with van der Waals surface area (Å²) in [7, 11) is 0. The molecule has 1 saturated heterocycles. The minimum absolute atomic E-state index is 0.00922. The molecule has 8 nitrogen and oxygen atoms in total. The zero-order valence-corrected chi connectivity index (χ0v) is 20.7. The van der Waals surface area contributed by atoms with Gasteiger partial charge in [0.2, 0.25) is 10.1 Å². The number of piperazine rings is 1. The lowest BCUT2D eigenvalue weighted by molar-refractivity contribution is 0.0741. The first-order valence-electron chi connectivity index (χ1n) is 12.3. The van der Waals surface area contributed by atoms with Gasteiger partial charge in [0.25, 0.3) is 5.91 Å². The van der Waals surface area contributed by atoms with Crippen molar-refractivity contribution in [3.8, 4) is 11.3 Å². The molecule has 0 unspecified atom stereocenters. The van der Waals surface area contributed by atoms with Gasteiger partial charge in [0.15, 0.2) is 5.82 Å². The average molecular weight is 488 g/mol. The van der Waals surface area contributed by atoms with Crippen LogP contribution in [0.2, 0.25) is 0 Å². The number of carbonyl (C=O) groups is 1. The summed E-state index contributed by atoms with van der Waals surface area (Å²) in [5.74, 6) is 0.981. The Morgan fingerprint density at radius 3 is 2.63 bits per heavy atom. The van der Waals surface area contributed by atoms with Gasteiger partial charge >= 0.3 is 0 Å². The van der Waals surface area contributed by atoms with E-state index in [0.29, 0.717) is 24.8 Å². The van der Waals surface area contributed by atoms with Crippen LogP contribution < -0.4 is 10.2 Å². The number of pyridine rings is 1. The molecule has 9 heteroatoms. The van der Waals surface area contributed by atoms with Crippen molar-refractivity contribution in [2.24, 2.45) is 0 Å². The number of rotatable bonds is 5. The smallest absolute Gasteiger partial charge is 0.272 e. The molecule has 1 aromatic carbocycles. The first kappa shape index (κ1) is 22.0. The van der Waals surface area contributed by atoms with E-state index in [0.717, 1.165) is 40.3 Å². The molecule has 2 aliphatic rings. The average Bonchev–Trinajstić information content (AvgIpc) is 3.62. The summed E-state index contributed by atoms with van der Waals surface area (Å²) in [5, 5.41) is 9.72. The third-order valence-electron chi connectivity index (χ3n) is 6.90. The second-order valence-corrected chi connectivity index (χ2v) is 10.3. The number of hydrogen-bond acceptors (Lipinski definition) is 7. The van der Waals surface area contributed by atoms with Crippen LogP contribution >= 0.6 is 11.3 Å². The van der Waals surface area contributed by atoms with Crippen LogP contribution in [0.3, 0.4) is 0 Å². The largest absolute Gasteiger partial charge is 0.365 e. The maximum absolute atomic E-state index is 12.8. The third-order valence-corrected chi connectivity index (χ3v) is 7.87. The lowest BCUT2D eigenvalue weighted by atomic mass is 10.1. The summed E-state index contributed by atoms with van der Waals surface area (Å²) >= 11 is 1.61. The van der Waals surface area contributed by atoms with E-state index in [2.05, 4.69) is 46.4 Å². The van der Waals surface area contributed by atoms with Crippen LogP contribution in [0, 0.1) is 6.92 Å². The number of carbonyl (C=O) groups excluding carboxylic acids is 1. The molecule has 1 amide bonds. The summed E-state index contributed by atoms with van der Waals surface area (Å²) in [5.41, 5.74) is 3.81. The fourth-order valence-electron chi connectivity index (χ4n) is 5.00. The number of nitrogens with one attached hydrogen (secondary N) is 1. The molecule has 1 aliphatic heterocycles. The molecule has 1 N–H and O–H groups in total. The van der Waals surface area contributed by atoms with E-state index < -0.39 is 0 Å². The standard InChI is InChI=1S/C26H29N7OS/c1-18-7-6-8-19(17-18)22-23(28-20-9-2-3-10-20)33-25(29-22)35-26(30-33)32-15-13-31(14-16-32)24(34)21-11-4-5-12-27-21/h4-8,11-12,17,20,28H,2-3,9-10,13-16H2,1H3. The first-order valence-corrected chi connectivity index (χ1v) is 13.2. The number of hydrogen-bond donors (Lipinski definition) is 1. The summed E-state index contributed by atoms with van der Waals surface area (Å²) < 4.78 is 1.99. The summed E-state index contributed by atoms with van der Waals surface area (Å²) in [6, 6.07) is 14.4. The van der Waals surface area contributed by atoms with Crippen LogP contribution in [-0.4, -0.2) is 62.6 Å². The third kappa shape index (κ3) is 4.36. The van der Waals surface area contributed by atoms with Gasteiger partial charge in [-0.3, -0.25) is 9.78 Å². The van der Waals surface area contributed by atoms with Gasteiger partial charge in [-0.05, 0) is 38.0 Å². The summed E-state index contributed by atoms with van der Waals surface area (Å²) in [4.78, 5) is 27.0. The number of amides is 1. The Labute approximate surface area is 208 Å². The molecule has 180 valence electrons. The van der Waals surface area contributed by atoms with Crippen molar-refractivity contribution in [2.75, 3.05) is 36.4 Å². The van der Waals surface area contributed by atoms with E-state index in [1.54, 1.807) is 23.6 Å². The van der Waals surface area contributed by atoms with Crippen molar-refractivity contribution in [3.63, 3.8) is 0 Å². The van der Waals surface area contributed by atoms with Gasteiger partial charge in [0.05, 0.1) is 0 Å². The van der Waals surface area contributed by atoms with Crippen molar-refractivity contribution < 1.29 is 4.79 Å². The van der Waals surface area contributed by atoms with E-state index in [1.165, 1.54) is 31.2 Å². The zero-order chi connectivity index (χ0) is 23.8. The Bertz CT molecular complexity index is 1330. The number of fused-ring (bicyclic) bond motifs is 1. The number of aromatic nitrogens is 4. The molecule has 0 radical (unpaired) electrons. The van der Waals surface area contributed by atoms with Gasteiger partial charge < -0.3 is 15.1 Å². The van der Waals surface area contributed by atoms with Gasteiger partial charge in [-0.2, -0.15) is 4.52 Å². The number of benzene rings is 1. The first-order chi connectivity index (χ1) is 17.2. The van der Waals surface area contributed by atoms with Crippen molar-refractivity contribution in [1.82, 2.24) is 24.5 Å². The van der Waals surface area contributed by atoms with Gasteiger partial charge in [0, 0.05) is 44.0 Å². The molecule has 0 spiro atoms. The Balaban J connectivity index is 1.25. The Hall–Kier alpha value is -3.46. The highest BCUT2D eigenvalue weighted by atomic mass is 32.1. The fraction of sp³-hybridized carbons (Fsp3) is 0.385. The van der Waals surface area contributed by atoms with Crippen LogP contribution in [0.25, 0.3) is 16.2 Å². The van der Waals surface area contributed by atoms with Gasteiger partial charge in [-0.25, -0.2) is 4.98 Å². The molecule has 1 aliphatic carbocycles. The molecular weight excluding hydrogens is 458 g/mol. The molecule has 1 saturated carbocycles. The highest BCUT2D eigenvalue weighted by Gasteiger charge is 2.27. The second-order valence-electron chi connectivity index (χ2n) is 9.38. The minimum Gasteiger partial charge on any atom is -0.365 e. The van der Waals surface area contributed by atoms with Crippen molar-refractivity contribution >= 4 is 33.2 Å². The molecule has 2 fully saturated rings. The SMILES string of the molecule is Cc1cccc(-c2nc3sc(N4CCN(C(=O)c5ccccn5)CC4)nn3c2NC2CCCC2)c1. The van der Waals surface area contributed by atoms with E-state index >= 15 is 0 Å². The number of nitrogens with zero attached hydrogens (tertiary/aromatic N) is 6. The van der Waals surface area contributed by atoms with Crippen molar-refractivity contribution in [1.29, 1.82) is 0 Å². The number of imidazole rings is 1. The number of anilines is 2. The molecule has 3 aromatic heterocycles. The fourth-order valence-corrected chi connectivity index (χ4v) is 5.96. The van der Waals surface area contributed by atoms with Crippen molar-refractivity contribution in [3.05, 3.63) is 59.9 Å². The summed E-state index contributed by atoms with van der Waals surface area (Å²) in [6.45, 7) is 4.90. The molecular formula is C26H29N7OS. The van der Waals surface area contributed by atoms with Crippen LogP contribution in [0.15, 0.2) is 48.7 Å². The monoisotopic (exact) mass is 487 g/mol. The number of aryl methyl sites for hydroxylation is 1. The maximum Gasteiger partial charge on any atom is 0.272 e. The second kappa shape index (κ2) is 9.30. The van der Waals surface area contributed by atoms with Gasteiger partial charge in [0.1, 0.15) is 11.4 Å². The lowest BCUT2D eigenvalue weighted by Crippen LogP contribution is -2.49. The Morgan fingerprint density at radius 2 is 1.89 bits per heavy atom. The normalized spacial score (nSPS) is 16.8. The molecule has 4 aromatic rings. The van der Waals surface area contributed by atoms with Crippen LogP contribution in [0.1, 0.15) is 41.7 Å². The Kier molecular flexibility index (Phi) is 5.85. The minimum atomic E-state index is -0.00922. The molecule has 0 bridgehead atoms. The quantitative estimate of drug-likeness (QED) is 0.447. The predicted octanol–water partition coefficient (Wildman–Crippen LogP) is 4.48. The highest BCUT2D eigenvalue weighted by molar-refractivity contribution is 7.20. The van der Waals surface area contributed by atoms with E-state index in [-0.39, 0.29) is 5.91 Å². The topological polar surface area (TPSA) is 78.7 Å². The Morgan fingerprint density at radius 1 is 1.06 bits per heavy atom. The van der Waals surface area contributed by atoms with E-state index in [9.17, 15) is 4.79 Å². The van der Waals surface area contributed by atoms with Gasteiger partial charge in [-0.15, -0.1) is 5.10 Å². The van der Waals surface area contributed by atoms with E-state index in [1.807, 2.05) is 21.5 Å². The van der Waals surface area contributed by atoms with Crippen LogP contribution in [-0.2, 0) is 0 Å². The zero-order valence-electron chi connectivity index (χ0n) is 19.9. The van der Waals surface area contributed by atoms with E-state index in [4.69, 9.17) is 10.1 Å². The highest BCUT2D eigenvalue weighted by Crippen LogP contribution is 2.35. The molecule has 35 heavy (non-hydrogen) atoms. The van der Waals surface area contributed by atoms with Crippen molar-refractivity contribution in [2.45, 2.75) is 38.6 Å². The lowest BCUT2D eigenvalue weighted by Gasteiger charge is -2.34. The summed E-state index contributed by atoms with van der Waals surface area (Å²) in [6.07, 6.45) is 6.57.